The second-order valence-corrected chi connectivity index (χ2v) is 16.5. The van der Waals surface area contributed by atoms with Gasteiger partial charge < -0.3 is 41.2 Å². The van der Waals surface area contributed by atoms with Crippen LogP contribution in [0.2, 0.25) is 5.02 Å². The topological polar surface area (TPSA) is 229 Å². The van der Waals surface area contributed by atoms with Gasteiger partial charge >= 0.3 is 5.97 Å². The van der Waals surface area contributed by atoms with Gasteiger partial charge in [0.25, 0.3) is 5.91 Å². The van der Waals surface area contributed by atoms with Crippen LogP contribution in [0.15, 0.2) is 52.4 Å². The SMILES string of the molecule is CCC/N=C1\S/C(=C\c2ccc(OC[C@@H](CO)OC(=O)[C@H](CC(C)C)NC(=O)[C@@H](CCCNC(=N)N)NC(=O)[C@@H]3CCCN3C(C)=O)c(Cl)c2)C(=O)N1c1ccccc1C. The number of esters is 1. The van der Waals surface area contributed by atoms with Crippen molar-refractivity contribution in [2.75, 3.05) is 37.7 Å². The Morgan fingerprint density at radius 2 is 1.90 bits per heavy atom. The van der Waals surface area contributed by atoms with E-state index in [0.29, 0.717) is 48.0 Å². The summed E-state index contributed by atoms with van der Waals surface area (Å²) in [5.41, 5.74) is 7.74. The average Bonchev–Trinajstić information content (AvgIpc) is 3.82. The van der Waals surface area contributed by atoms with Gasteiger partial charge in [0.2, 0.25) is 17.7 Å². The van der Waals surface area contributed by atoms with E-state index < -0.39 is 48.6 Å². The van der Waals surface area contributed by atoms with E-state index in [1.165, 1.54) is 23.6 Å². The second kappa shape index (κ2) is 23.0. The lowest BCUT2D eigenvalue weighted by atomic mass is 10.0. The number of thioether (sulfide) groups is 1. The molecule has 2 heterocycles. The number of benzene rings is 2. The van der Waals surface area contributed by atoms with Crippen LogP contribution in [-0.4, -0.2) is 108 Å². The first-order valence-corrected chi connectivity index (χ1v) is 21.4. The minimum Gasteiger partial charge on any atom is -0.488 e. The maximum absolute atomic E-state index is 13.7. The third-order valence-electron chi connectivity index (χ3n) is 9.68. The number of carbonyl (C=O) groups excluding carboxylic acids is 5. The number of aliphatic hydroxyl groups is 1. The standard InChI is InChI=1S/C42H57ClN8O8S/c1-6-17-47-42-51(33-13-8-7-11-26(33)4)39(56)36(60-42)22-28-15-16-35(30(43)21-28)58-24-29(23-52)59-40(57)32(20-25(2)3)49-37(54)31(12-9-18-46-41(44)45)48-38(55)34-14-10-19-50(34)27(5)53/h7-8,11,13,15-16,21-22,25,29,31-32,34,52H,6,9-10,12,14,17-20,23-24H2,1-5H3,(H,48,55)(H,49,54)(H4,44,45,46)/b36-22-,47-42-/t29-,31-,32+,34+/m1/s1. The van der Waals surface area contributed by atoms with Crippen molar-refractivity contribution in [3.8, 4) is 5.75 Å². The van der Waals surface area contributed by atoms with Crippen molar-refractivity contribution in [1.82, 2.24) is 20.9 Å². The fourth-order valence-corrected chi connectivity index (χ4v) is 7.92. The number of aliphatic imine (C=N–C) groups is 1. The number of amides is 4. The third kappa shape index (κ3) is 13.4. The van der Waals surface area contributed by atoms with Crippen molar-refractivity contribution < 1.29 is 38.6 Å². The molecule has 0 aliphatic carbocycles. The summed E-state index contributed by atoms with van der Waals surface area (Å²) in [4.78, 5) is 74.6. The summed E-state index contributed by atoms with van der Waals surface area (Å²) < 4.78 is 11.5. The third-order valence-corrected chi connectivity index (χ3v) is 11.0. The molecule has 60 heavy (non-hydrogen) atoms. The maximum atomic E-state index is 13.7. The monoisotopic (exact) mass is 868 g/mol. The number of nitrogens with one attached hydrogen (secondary N) is 4. The number of ether oxygens (including phenoxy) is 2. The Morgan fingerprint density at radius 1 is 1.15 bits per heavy atom. The van der Waals surface area contributed by atoms with Crippen molar-refractivity contribution >= 4 is 75.9 Å². The number of halogens is 1. The van der Waals surface area contributed by atoms with E-state index >= 15 is 0 Å². The molecule has 0 saturated carbocycles. The van der Waals surface area contributed by atoms with Crippen LogP contribution in [0.5, 0.6) is 5.75 Å². The first-order chi connectivity index (χ1) is 28.6. The molecular formula is C42H57ClN8O8S. The Balaban J connectivity index is 1.42. The van der Waals surface area contributed by atoms with E-state index in [0.717, 1.165) is 17.7 Å². The molecule has 7 N–H and O–H groups in total. The van der Waals surface area contributed by atoms with E-state index in [1.807, 2.05) is 52.0 Å². The van der Waals surface area contributed by atoms with Gasteiger partial charge in [-0.15, -0.1) is 0 Å². The van der Waals surface area contributed by atoms with Crippen molar-refractivity contribution in [2.24, 2.45) is 16.6 Å². The molecule has 2 aliphatic heterocycles. The van der Waals surface area contributed by atoms with Crippen LogP contribution in [0.3, 0.4) is 0 Å². The molecule has 16 nitrogen and oxygen atoms in total. The fourth-order valence-electron chi connectivity index (χ4n) is 6.68. The van der Waals surface area contributed by atoms with Gasteiger partial charge in [-0.2, -0.15) is 0 Å². The predicted octanol–water partition coefficient (Wildman–Crippen LogP) is 4.11. The minimum absolute atomic E-state index is 0.0620. The Labute approximate surface area is 360 Å². The lowest BCUT2D eigenvalue weighted by Crippen LogP contribution is -2.55. The highest BCUT2D eigenvalue weighted by Gasteiger charge is 2.37. The van der Waals surface area contributed by atoms with E-state index in [2.05, 4.69) is 20.9 Å². The summed E-state index contributed by atoms with van der Waals surface area (Å²) in [7, 11) is 0. The van der Waals surface area contributed by atoms with Gasteiger partial charge in [-0.3, -0.25) is 34.5 Å². The van der Waals surface area contributed by atoms with E-state index in [4.69, 9.17) is 32.2 Å². The summed E-state index contributed by atoms with van der Waals surface area (Å²) in [5.74, 6) is -2.42. The number of nitrogens with two attached hydrogens (primary N) is 1. The maximum Gasteiger partial charge on any atom is 0.329 e. The number of para-hydroxylation sites is 1. The normalized spacial score (nSPS) is 18.1. The summed E-state index contributed by atoms with van der Waals surface area (Å²) in [6.45, 7) is 9.50. The number of likely N-dealkylation sites (tertiary alicyclic amines) is 1. The number of aryl methyl sites for hydroxylation is 1. The Morgan fingerprint density at radius 3 is 2.55 bits per heavy atom. The molecule has 4 amide bonds. The largest absolute Gasteiger partial charge is 0.488 e. The van der Waals surface area contributed by atoms with Crippen molar-refractivity contribution in [2.45, 2.75) is 97.4 Å². The molecular weight excluding hydrogens is 812 g/mol. The van der Waals surface area contributed by atoms with E-state index in [1.54, 1.807) is 29.2 Å². The van der Waals surface area contributed by atoms with Crippen molar-refractivity contribution in [1.29, 1.82) is 5.41 Å². The van der Waals surface area contributed by atoms with Crippen LogP contribution in [0.1, 0.15) is 77.3 Å². The molecule has 326 valence electrons. The number of amidine groups is 1. The zero-order chi connectivity index (χ0) is 43.9. The highest BCUT2D eigenvalue weighted by molar-refractivity contribution is 8.19. The molecule has 2 aromatic rings. The quantitative estimate of drug-likeness (QED) is 0.0365. The van der Waals surface area contributed by atoms with Gasteiger partial charge in [-0.05, 0) is 98.5 Å². The van der Waals surface area contributed by atoms with Gasteiger partial charge in [0, 0.05) is 26.6 Å². The molecule has 2 aromatic carbocycles. The summed E-state index contributed by atoms with van der Waals surface area (Å²) >= 11 is 7.90. The number of aliphatic hydroxyl groups excluding tert-OH is 1. The summed E-state index contributed by atoms with van der Waals surface area (Å²) in [6, 6.07) is 9.68. The molecule has 2 aliphatic rings. The Bertz CT molecular complexity index is 1940. The average molecular weight is 869 g/mol. The van der Waals surface area contributed by atoms with Crippen molar-refractivity contribution in [3.05, 3.63) is 63.5 Å². The molecule has 4 rings (SSSR count). The number of hydrogen-bond acceptors (Lipinski definition) is 11. The number of nitrogens with zero attached hydrogens (tertiary/aromatic N) is 3. The zero-order valence-electron chi connectivity index (χ0n) is 34.8. The Kier molecular flexibility index (Phi) is 18.2. The minimum atomic E-state index is -1.14. The summed E-state index contributed by atoms with van der Waals surface area (Å²) in [6.07, 6.45) is 3.22. The van der Waals surface area contributed by atoms with E-state index in [9.17, 15) is 29.1 Å². The predicted molar refractivity (Wildman–Crippen MR) is 234 cm³/mol. The Hall–Kier alpha value is -5.13. The van der Waals surface area contributed by atoms with Gasteiger partial charge in [0.1, 0.15) is 30.5 Å². The van der Waals surface area contributed by atoms with Crippen molar-refractivity contribution in [3.63, 3.8) is 0 Å². The fraction of sp³-hybridized carbons (Fsp3) is 0.500. The van der Waals surface area contributed by atoms with Crippen LogP contribution in [0.4, 0.5) is 5.69 Å². The lowest BCUT2D eigenvalue weighted by Gasteiger charge is -2.27. The first kappa shape index (κ1) is 47.5. The van der Waals surface area contributed by atoms with E-state index in [-0.39, 0.29) is 60.5 Å². The number of anilines is 1. The summed E-state index contributed by atoms with van der Waals surface area (Å²) in [5, 5.41) is 26.5. The molecule has 0 radical (unpaired) electrons. The smallest absolute Gasteiger partial charge is 0.329 e. The number of carbonyl (C=O) groups is 5. The molecule has 2 fully saturated rings. The highest BCUT2D eigenvalue weighted by atomic mass is 35.5. The van der Waals surface area contributed by atoms with Gasteiger partial charge in [-0.1, -0.05) is 56.6 Å². The molecule has 0 unspecified atom stereocenters. The molecule has 0 spiro atoms. The van der Waals surface area contributed by atoms with Crippen LogP contribution in [0.25, 0.3) is 6.08 Å². The first-order valence-electron chi connectivity index (χ1n) is 20.2. The molecule has 2 saturated heterocycles. The number of guanidine groups is 1. The lowest BCUT2D eigenvalue weighted by molar-refractivity contribution is -0.157. The van der Waals surface area contributed by atoms with Crippen LogP contribution in [-0.2, 0) is 28.7 Å². The van der Waals surface area contributed by atoms with Crippen LogP contribution >= 0.6 is 23.4 Å². The molecule has 18 heteroatoms. The number of rotatable bonds is 20. The van der Waals surface area contributed by atoms with Gasteiger partial charge in [0.15, 0.2) is 17.2 Å². The van der Waals surface area contributed by atoms with Gasteiger partial charge in [-0.25, -0.2) is 4.79 Å². The van der Waals surface area contributed by atoms with Gasteiger partial charge in [0.05, 0.1) is 22.2 Å². The van der Waals surface area contributed by atoms with Crippen LogP contribution < -0.4 is 31.3 Å². The molecule has 0 aromatic heterocycles. The molecule has 0 bridgehead atoms. The van der Waals surface area contributed by atoms with Crippen LogP contribution in [0, 0.1) is 18.3 Å². The highest BCUT2D eigenvalue weighted by Crippen LogP contribution is 2.38. The molecule has 4 atom stereocenters. The zero-order valence-corrected chi connectivity index (χ0v) is 36.4. The number of hydrogen-bond donors (Lipinski definition) is 6. The second-order valence-electron chi connectivity index (χ2n) is 15.0.